The van der Waals surface area contributed by atoms with Crippen molar-refractivity contribution in [2.45, 2.75) is 76.3 Å². The highest BCUT2D eigenvalue weighted by Gasteiger charge is 2.56. The van der Waals surface area contributed by atoms with Gasteiger partial charge in [-0.1, -0.05) is 12.8 Å². The Balaban J connectivity index is 1.10. The smallest absolute Gasteiger partial charge is 0.256 e. The molecule has 1 aromatic heterocycles. The van der Waals surface area contributed by atoms with E-state index in [1.165, 1.54) is 25.7 Å². The maximum Gasteiger partial charge on any atom is 0.256 e. The Labute approximate surface area is 189 Å². The van der Waals surface area contributed by atoms with Gasteiger partial charge >= 0.3 is 0 Å². The largest absolute Gasteiger partial charge is 0.381 e. The van der Waals surface area contributed by atoms with Gasteiger partial charge in [0.25, 0.3) is 5.56 Å². The molecule has 2 saturated heterocycles. The summed E-state index contributed by atoms with van der Waals surface area (Å²) < 4.78 is 5.51. The number of piperidine rings is 1. The molecule has 5 aliphatic rings. The molecule has 2 saturated carbocycles. The molecule has 0 unspecified atom stereocenters. The van der Waals surface area contributed by atoms with E-state index in [1.807, 2.05) is 4.90 Å². The van der Waals surface area contributed by atoms with E-state index in [2.05, 4.69) is 9.88 Å². The van der Waals surface area contributed by atoms with Crippen LogP contribution >= 0.6 is 0 Å². The number of likely N-dealkylation sites (tertiary alicyclic amines) is 1. The Morgan fingerprint density at radius 3 is 2.41 bits per heavy atom. The van der Waals surface area contributed by atoms with E-state index in [0.29, 0.717) is 43.3 Å². The van der Waals surface area contributed by atoms with Crippen LogP contribution in [0.2, 0.25) is 0 Å². The zero-order valence-electron chi connectivity index (χ0n) is 19.1. The number of nitrogens with zero attached hydrogens (tertiary/aromatic N) is 3. The summed E-state index contributed by atoms with van der Waals surface area (Å²) in [4.78, 5) is 38.7. The third-order valence-corrected chi connectivity index (χ3v) is 8.96. The van der Waals surface area contributed by atoms with E-state index in [1.54, 1.807) is 0 Å². The summed E-state index contributed by atoms with van der Waals surface area (Å²) in [5.41, 5.74) is 1.62. The van der Waals surface area contributed by atoms with E-state index in [4.69, 9.17) is 9.72 Å². The van der Waals surface area contributed by atoms with Gasteiger partial charge in [-0.15, -0.1) is 0 Å². The normalized spacial score (nSPS) is 31.8. The van der Waals surface area contributed by atoms with E-state index in [-0.39, 0.29) is 17.4 Å². The molecule has 2 atom stereocenters. The summed E-state index contributed by atoms with van der Waals surface area (Å²) in [5, 5.41) is 0. The molecule has 0 bridgehead atoms. The van der Waals surface area contributed by atoms with Crippen molar-refractivity contribution in [2.75, 3.05) is 32.8 Å². The van der Waals surface area contributed by atoms with Gasteiger partial charge in [-0.05, 0) is 63.5 Å². The molecule has 0 spiro atoms. The number of aromatic nitrogens is 2. The fourth-order valence-corrected chi connectivity index (χ4v) is 6.98. The van der Waals surface area contributed by atoms with Crippen LogP contribution in [0.5, 0.6) is 0 Å². The molecule has 0 radical (unpaired) electrons. The quantitative estimate of drug-likeness (QED) is 0.781. The molecule has 1 aromatic rings. The number of nitrogens with one attached hydrogen (secondary N) is 1. The molecule has 1 amide bonds. The molecule has 7 heteroatoms. The third-order valence-electron chi connectivity index (χ3n) is 8.96. The van der Waals surface area contributed by atoms with Crippen molar-refractivity contribution in [3.63, 3.8) is 0 Å². The minimum atomic E-state index is -0.0254. The standard InChI is InChI=1S/C25H36N4O3/c30-24-20-15-29(25(31)22-18-3-1-2-4-19(18)22)12-7-21(20)26-23(27-24)16-5-10-28(11-6-16)17-8-13-32-14-9-17/h16-19,22H,1-15H2,(H,26,27,30)/t18-,19-/m1/s1. The molecule has 2 aliphatic carbocycles. The Morgan fingerprint density at radius 1 is 0.969 bits per heavy atom. The first-order valence-electron chi connectivity index (χ1n) is 12.9. The molecule has 32 heavy (non-hydrogen) atoms. The van der Waals surface area contributed by atoms with E-state index in [0.717, 1.165) is 69.1 Å². The molecule has 0 aromatic carbocycles. The van der Waals surface area contributed by atoms with Crippen LogP contribution < -0.4 is 5.56 Å². The lowest BCUT2D eigenvalue weighted by atomic mass is 9.93. The van der Waals surface area contributed by atoms with Crippen LogP contribution in [0.1, 0.15) is 74.4 Å². The monoisotopic (exact) mass is 440 g/mol. The third kappa shape index (κ3) is 3.81. The van der Waals surface area contributed by atoms with Gasteiger partial charge in [-0.2, -0.15) is 0 Å². The van der Waals surface area contributed by atoms with Gasteiger partial charge in [0.1, 0.15) is 5.82 Å². The fourth-order valence-electron chi connectivity index (χ4n) is 6.98. The van der Waals surface area contributed by atoms with Gasteiger partial charge in [0, 0.05) is 44.1 Å². The second kappa shape index (κ2) is 8.56. The van der Waals surface area contributed by atoms with E-state index >= 15 is 0 Å². The minimum Gasteiger partial charge on any atom is -0.381 e. The Kier molecular flexibility index (Phi) is 5.58. The number of rotatable bonds is 3. The van der Waals surface area contributed by atoms with Crippen LogP contribution in [-0.4, -0.2) is 64.6 Å². The summed E-state index contributed by atoms with van der Waals surface area (Å²) in [5.74, 6) is 2.95. The van der Waals surface area contributed by atoms with Crippen LogP contribution in [0.4, 0.5) is 0 Å². The molecular formula is C25H36N4O3. The number of fused-ring (bicyclic) bond motifs is 2. The number of aromatic amines is 1. The molecule has 7 nitrogen and oxygen atoms in total. The fraction of sp³-hybridized carbons (Fsp3) is 0.800. The first kappa shape index (κ1) is 20.8. The van der Waals surface area contributed by atoms with Gasteiger partial charge in [-0.25, -0.2) is 4.98 Å². The number of carbonyl (C=O) groups is 1. The highest BCUT2D eigenvalue weighted by molar-refractivity contribution is 5.82. The van der Waals surface area contributed by atoms with Gasteiger partial charge in [0.15, 0.2) is 0 Å². The van der Waals surface area contributed by atoms with Crippen LogP contribution in [0.25, 0.3) is 0 Å². The summed E-state index contributed by atoms with van der Waals surface area (Å²) in [6, 6.07) is 0.652. The van der Waals surface area contributed by atoms with E-state index < -0.39 is 0 Å². The topological polar surface area (TPSA) is 78.5 Å². The minimum absolute atomic E-state index is 0.0254. The van der Waals surface area contributed by atoms with Crippen LogP contribution in [0.15, 0.2) is 4.79 Å². The summed E-state index contributed by atoms with van der Waals surface area (Å²) >= 11 is 0. The highest BCUT2D eigenvalue weighted by Crippen LogP contribution is 2.56. The first-order chi connectivity index (χ1) is 15.7. The second-order valence-corrected chi connectivity index (χ2v) is 10.7. The number of hydrogen-bond acceptors (Lipinski definition) is 5. The van der Waals surface area contributed by atoms with Crippen LogP contribution in [-0.2, 0) is 22.5 Å². The Hall–Kier alpha value is -1.73. The SMILES string of the molecule is O=C(C1[C@@H]2CCCC[C@@H]12)N1CCc2nc(C3CCN(C4CCOCC4)CC3)[nH]c(=O)c2C1. The summed E-state index contributed by atoms with van der Waals surface area (Å²) in [6.45, 7) is 5.05. The molecule has 3 aliphatic heterocycles. The van der Waals surface area contributed by atoms with Crippen molar-refractivity contribution in [1.29, 1.82) is 0 Å². The predicted octanol–water partition coefficient (Wildman–Crippen LogP) is 2.45. The molecule has 1 N–H and O–H groups in total. The number of ether oxygens (including phenoxy) is 1. The summed E-state index contributed by atoms with van der Waals surface area (Å²) in [7, 11) is 0. The van der Waals surface area contributed by atoms with Crippen molar-refractivity contribution in [3.05, 3.63) is 27.4 Å². The zero-order valence-corrected chi connectivity index (χ0v) is 19.1. The van der Waals surface area contributed by atoms with Gasteiger partial charge < -0.3 is 19.5 Å². The van der Waals surface area contributed by atoms with Crippen LogP contribution in [0.3, 0.4) is 0 Å². The van der Waals surface area contributed by atoms with Gasteiger partial charge in [0.05, 0.1) is 17.8 Å². The predicted molar refractivity (Wildman–Crippen MR) is 120 cm³/mol. The lowest BCUT2D eigenvalue weighted by Crippen LogP contribution is -2.44. The number of carbonyl (C=O) groups excluding carboxylic acids is 1. The summed E-state index contributed by atoms with van der Waals surface area (Å²) in [6.07, 6.45) is 10.0. The first-order valence-corrected chi connectivity index (χ1v) is 12.9. The van der Waals surface area contributed by atoms with Crippen molar-refractivity contribution >= 4 is 5.91 Å². The van der Waals surface area contributed by atoms with Gasteiger partial charge in [0.2, 0.25) is 5.91 Å². The van der Waals surface area contributed by atoms with Crippen LogP contribution in [0, 0.1) is 17.8 Å². The van der Waals surface area contributed by atoms with Crippen molar-refractivity contribution in [1.82, 2.24) is 19.8 Å². The molecule has 6 rings (SSSR count). The van der Waals surface area contributed by atoms with Crippen molar-refractivity contribution < 1.29 is 9.53 Å². The zero-order chi connectivity index (χ0) is 21.7. The Bertz CT molecular complexity index is 904. The number of amides is 1. The number of H-pyrrole nitrogens is 1. The Morgan fingerprint density at radius 2 is 1.69 bits per heavy atom. The molecule has 4 heterocycles. The molecule has 174 valence electrons. The van der Waals surface area contributed by atoms with Crippen molar-refractivity contribution in [2.24, 2.45) is 17.8 Å². The molecule has 4 fully saturated rings. The molecular weight excluding hydrogens is 404 g/mol. The second-order valence-electron chi connectivity index (χ2n) is 10.7. The number of hydrogen-bond donors (Lipinski definition) is 1. The maximum absolute atomic E-state index is 13.1. The maximum atomic E-state index is 13.1. The lowest BCUT2D eigenvalue weighted by molar-refractivity contribution is -0.134. The average molecular weight is 441 g/mol. The van der Waals surface area contributed by atoms with Gasteiger partial charge in [-0.3, -0.25) is 9.59 Å². The van der Waals surface area contributed by atoms with Crippen molar-refractivity contribution in [3.8, 4) is 0 Å². The highest BCUT2D eigenvalue weighted by atomic mass is 16.5. The van der Waals surface area contributed by atoms with E-state index in [9.17, 15) is 9.59 Å². The lowest BCUT2D eigenvalue weighted by Gasteiger charge is -2.39. The average Bonchev–Trinajstić information content (AvgIpc) is 3.58.